The van der Waals surface area contributed by atoms with Gasteiger partial charge in [-0.1, -0.05) is 18.2 Å². The predicted molar refractivity (Wildman–Crippen MR) is 126 cm³/mol. The maximum Gasteiger partial charge on any atom is 0.343 e. The summed E-state index contributed by atoms with van der Waals surface area (Å²) in [5.41, 5.74) is 3.75. The van der Waals surface area contributed by atoms with Gasteiger partial charge in [0, 0.05) is 11.3 Å². The number of esters is 1. The SMILES string of the molecule is COc1ccc(NC(=O)C(=O)N/N=C(\C)c2ccccc2OC(=O)c2cccc(OC)c2)cc1. The van der Waals surface area contributed by atoms with Gasteiger partial charge in [-0.25, -0.2) is 10.2 Å². The smallest absolute Gasteiger partial charge is 0.343 e. The molecule has 2 amide bonds. The van der Waals surface area contributed by atoms with Crippen LogP contribution in [0.1, 0.15) is 22.8 Å². The standard InChI is InChI=1S/C25H23N3O6/c1-16(27-28-24(30)23(29)26-18-11-13-19(32-2)14-12-18)21-9-4-5-10-22(21)34-25(31)17-7-6-8-20(15-17)33-3/h4-15H,1-3H3,(H,26,29)(H,28,30)/b27-16+. The quantitative estimate of drug-likeness (QED) is 0.183. The highest BCUT2D eigenvalue weighted by molar-refractivity contribution is 6.39. The van der Waals surface area contributed by atoms with E-state index in [0.717, 1.165) is 0 Å². The Balaban J connectivity index is 1.67. The number of nitrogens with one attached hydrogen (secondary N) is 2. The first-order valence-electron chi connectivity index (χ1n) is 10.2. The summed E-state index contributed by atoms with van der Waals surface area (Å²) < 4.78 is 15.7. The lowest BCUT2D eigenvalue weighted by atomic mass is 10.1. The Bertz CT molecular complexity index is 1220. The molecule has 0 radical (unpaired) electrons. The summed E-state index contributed by atoms with van der Waals surface area (Å²) in [4.78, 5) is 36.9. The lowest BCUT2D eigenvalue weighted by molar-refractivity contribution is -0.136. The average Bonchev–Trinajstić information content (AvgIpc) is 2.87. The van der Waals surface area contributed by atoms with Gasteiger partial charge in [0.2, 0.25) is 0 Å². The molecule has 0 aromatic heterocycles. The molecule has 3 aromatic rings. The number of hydrogen-bond acceptors (Lipinski definition) is 7. The highest BCUT2D eigenvalue weighted by Gasteiger charge is 2.16. The molecule has 0 unspecified atom stereocenters. The topological polar surface area (TPSA) is 115 Å². The van der Waals surface area contributed by atoms with Crippen LogP contribution in [0.4, 0.5) is 5.69 Å². The van der Waals surface area contributed by atoms with Crippen molar-refractivity contribution in [2.24, 2.45) is 5.10 Å². The van der Waals surface area contributed by atoms with Crippen molar-refractivity contribution < 1.29 is 28.6 Å². The second kappa shape index (κ2) is 11.3. The van der Waals surface area contributed by atoms with Gasteiger partial charge in [0.15, 0.2) is 0 Å². The van der Waals surface area contributed by atoms with Gasteiger partial charge >= 0.3 is 17.8 Å². The number of amides is 2. The highest BCUT2D eigenvalue weighted by atomic mass is 16.5. The van der Waals surface area contributed by atoms with Crippen LogP contribution in [0.15, 0.2) is 77.9 Å². The van der Waals surface area contributed by atoms with E-state index in [1.165, 1.54) is 14.2 Å². The maximum atomic E-state index is 12.6. The number of nitrogens with zero attached hydrogens (tertiary/aromatic N) is 1. The van der Waals surface area contributed by atoms with Crippen LogP contribution in [-0.2, 0) is 9.59 Å². The van der Waals surface area contributed by atoms with E-state index in [-0.39, 0.29) is 5.75 Å². The van der Waals surface area contributed by atoms with Crippen molar-refractivity contribution in [1.29, 1.82) is 0 Å². The fraction of sp³-hybridized carbons (Fsp3) is 0.120. The van der Waals surface area contributed by atoms with Crippen LogP contribution in [0.3, 0.4) is 0 Å². The van der Waals surface area contributed by atoms with Gasteiger partial charge in [-0.15, -0.1) is 0 Å². The molecule has 0 heterocycles. The summed E-state index contributed by atoms with van der Waals surface area (Å²) in [6.07, 6.45) is 0. The lowest BCUT2D eigenvalue weighted by Crippen LogP contribution is -2.33. The molecule has 0 fully saturated rings. The minimum atomic E-state index is -0.957. The molecule has 174 valence electrons. The molecule has 2 N–H and O–H groups in total. The summed E-state index contributed by atoms with van der Waals surface area (Å²) in [7, 11) is 3.03. The number of para-hydroxylation sites is 1. The number of carbonyl (C=O) groups excluding carboxylic acids is 3. The van der Waals surface area contributed by atoms with Crippen LogP contribution >= 0.6 is 0 Å². The van der Waals surface area contributed by atoms with Crippen molar-refractivity contribution >= 4 is 29.2 Å². The van der Waals surface area contributed by atoms with Gasteiger partial charge < -0.3 is 19.5 Å². The molecular formula is C25H23N3O6. The van der Waals surface area contributed by atoms with E-state index in [2.05, 4.69) is 15.8 Å². The molecule has 0 atom stereocenters. The van der Waals surface area contributed by atoms with Crippen LogP contribution in [0.2, 0.25) is 0 Å². The first-order valence-corrected chi connectivity index (χ1v) is 10.2. The molecule has 0 saturated carbocycles. The van der Waals surface area contributed by atoms with Crippen LogP contribution in [-0.4, -0.2) is 37.7 Å². The molecule has 3 rings (SSSR count). The van der Waals surface area contributed by atoms with Crippen LogP contribution in [0.5, 0.6) is 17.2 Å². The average molecular weight is 461 g/mol. The third-order valence-corrected chi connectivity index (χ3v) is 4.66. The van der Waals surface area contributed by atoms with Crippen LogP contribution < -0.4 is 25.0 Å². The van der Waals surface area contributed by atoms with E-state index in [4.69, 9.17) is 14.2 Å². The molecule has 3 aromatic carbocycles. The van der Waals surface area contributed by atoms with Crippen LogP contribution in [0.25, 0.3) is 0 Å². The largest absolute Gasteiger partial charge is 0.497 e. The van der Waals surface area contributed by atoms with Gasteiger partial charge in [0.25, 0.3) is 0 Å². The lowest BCUT2D eigenvalue weighted by Gasteiger charge is -2.11. The Morgan fingerprint density at radius 1 is 0.794 bits per heavy atom. The van der Waals surface area contributed by atoms with Gasteiger partial charge in [0.1, 0.15) is 17.2 Å². The molecule has 0 saturated heterocycles. The van der Waals surface area contributed by atoms with Crippen molar-refractivity contribution in [3.05, 3.63) is 83.9 Å². The van der Waals surface area contributed by atoms with E-state index in [9.17, 15) is 14.4 Å². The van der Waals surface area contributed by atoms with Gasteiger partial charge in [0.05, 0.1) is 25.5 Å². The Kier molecular flexibility index (Phi) is 7.96. The van der Waals surface area contributed by atoms with Crippen molar-refractivity contribution in [1.82, 2.24) is 5.43 Å². The predicted octanol–water partition coefficient (Wildman–Crippen LogP) is 3.40. The molecule has 0 bridgehead atoms. The maximum absolute atomic E-state index is 12.6. The van der Waals surface area contributed by atoms with Crippen molar-refractivity contribution in [2.45, 2.75) is 6.92 Å². The second-order valence-corrected chi connectivity index (χ2v) is 6.94. The number of hydrazone groups is 1. The van der Waals surface area contributed by atoms with E-state index in [1.807, 2.05) is 0 Å². The first-order chi connectivity index (χ1) is 16.4. The summed E-state index contributed by atoms with van der Waals surface area (Å²) in [5, 5.41) is 6.44. The third kappa shape index (κ3) is 6.19. The highest BCUT2D eigenvalue weighted by Crippen LogP contribution is 2.21. The summed E-state index contributed by atoms with van der Waals surface area (Å²) in [6, 6.07) is 19.8. The van der Waals surface area contributed by atoms with Crippen molar-refractivity contribution in [2.75, 3.05) is 19.5 Å². The molecular weight excluding hydrogens is 438 g/mol. The Morgan fingerprint density at radius 2 is 1.50 bits per heavy atom. The van der Waals surface area contributed by atoms with Crippen molar-refractivity contribution in [3.63, 3.8) is 0 Å². The minimum absolute atomic E-state index is 0.244. The molecule has 0 aliphatic rings. The summed E-state index contributed by atoms with van der Waals surface area (Å²) in [6.45, 7) is 1.61. The fourth-order valence-corrected chi connectivity index (χ4v) is 2.87. The zero-order valence-corrected chi connectivity index (χ0v) is 18.8. The number of ether oxygens (including phenoxy) is 3. The van der Waals surface area contributed by atoms with Gasteiger partial charge in [-0.2, -0.15) is 5.10 Å². The van der Waals surface area contributed by atoms with E-state index in [0.29, 0.717) is 34.0 Å². The monoisotopic (exact) mass is 461 g/mol. The Hall–Kier alpha value is -4.66. The van der Waals surface area contributed by atoms with Gasteiger partial charge in [-0.3, -0.25) is 9.59 Å². The van der Waals surface area contributed by atoms with E-state index < -0.39 is 17.8 Å². The Morgan fingerprint density at radius 3 is 2.21 bits per heavy atom. The molecule has 0 aliphatic heterocycles. The fourth-order valence-electron chi connectivity index (χ4n) is 2.87. The minimum Gasteiger partial charge on any atom is -0.497 e. The molecule has 0 spiro atoms. The zero-order chi connectivity index (χ0) is 24.5. The third-order valence-electron chi connectivity index (χ3n) is 4.66. The number of rotatable bonds is 7. The molecule has 9 heteroatoms. The number of methoxy groups -OCH3 is 2. The van der Waals surface area contributed by atoms with E-state index >= 15 is 0 Å². The van der Waals surface area contributed by atoms with Crippen molar-refractivity contribution in [3.8, 4) is 17.2 Å². The second-order valence-electron chi connectivity index (χ2n) is 6.94. The zero-order valence-electron chi connectivity index (χ0n) is 18.8. The van der Waals surface area contributed by atoms with Gasteiger partial charge in [-0.05, 0) is 61.5 Å². The first kappa shape index (κ1) is 24.0. The number of anilines is 1. The molecule has 9 nitrogen and oxygen atoms in total. The summed E-state index contributed by atoms with van der Waals surface area (Å²) >= 11 is 0. The number of carbonyl (C=O) groups is 3. The van der Waals surface area contributed by atoms with E-state index in [1.54, 1.807) is 79.7 Å². The Labute approximate surface area is 196 Å². The normalized spacial score (nSPS) is 10.7. The number of benzene rings is 3. The summed E-state index contributed by atoms with van der Waals surface area (Å²) in [5.74, 6) is -1.04. The molecule has 34 heavy (non-hydrogen) atoms. The number of hydrogen-bond donors (Lipinski definition) is 2. The van der Waals surface area contributed by atoms with Crippen LogP contribution in [0, 0.1) is 0 Å². The molecule has 0 aliphatic carbocycles.